The number of fused-ring (bicyclic) bond motifs is 2. The number of rotatable bonds is 21. The van der Waals surface area contributed by atoms with Gasteiger partial charge in [-0.15, -0.1) is 0 Å². The Balaban J connectivity index is 1.16. The van der Waals surface area contributed by atoms with Crippen LogP contribution in [0, 0.1) is 35.5 Å². The van der Waals surface area contributed by atoms with Crippen molar-refractivity contribution in [3.05, 3.63) is 166 Å². The largest absolute Gasteiger partial charge is 0.504 e. The zero-order valence-electron chi connectivity index (χ0n) is 51.6. The highest BCUT2D eigenvalue weighted by Gasteiger charge is 2.77. The van der Waals surface area contributed by atoms with E-state index in [-0.39, 0.29) is 45.4 Å². The molecule has 0 radical (unpaired) electrons. The number of hydrogen-bond donors (Lipinski definition) is 11. The van der Waals surface area contributed by atoms with Gasteiger partial charge in [-0.05, 0) is 99.6 Å². The van der Waals surface area contributed by atoms with Crippen molar-refractivity contribution in [3.8, 4) is 57.5 Å². The summed E-state index contributed by atoms with van der Waals surface area (Å²) >= 11 is 0. The van der Waals surface area contributed by atoms with Crippen molar-refractivity contribution >= 4 is 41.8 Å². The van der Waals surface area contributed by atoms with E-state index in [9.17, 15) is 80.1 Å². The molecule has 4 bridgehead atoms. The van der Waals surface area contributed by atoms with Gasteiger partial charge < -0.3 is 104 Å². The van der Waals surface area contributed by atoms with Crippen molar-refractivity contribution in [2.45, 2.75) is 73.2 Å². The van der Waals surface area contributed by atoms with Gasteiger partial charge in [0.05, 0.1) is 52.1 Å². The normalized spacial score (nSPS) is 26.2. The van der Waals surface area contributed by atoms with Crippen LogP contribution in [0.1, 0.15) is 39.7 Å². The van der Waals surface area contributed by atoms with E-state index in [1.54, 1.807) is 0 Å². The maximum absolute atomic E-state index is 15.9. The summed E-state index contributed by atoms with van der Waals surface area (Å²) in [4.78, 5) is 99.3. The number of hydrogen-bond acceptors (Lipinski definition) is 28. The molecule has 5 aromatic carbocycles. The minimum Gasteiger partial charge on any atom is -0.504 e. The van der Waals surface area contributed by atoms with Crippen LogP contribution in [0.15, 0.2) is 139 Å². The number of methoxy groups -OCH3 is 5. The predicted octanol–water partition coefficient (Wildman–Crippen LogP) is 4.30. The Kier molecular flexibility index (Phi) is 19.3. The number of carbonyl (C=O) groups excluding carboxylic acids is 7. The van der Waals surface area contributed by atoms with Gasteiger partial charge >= 0.3 is 41.8 Å². The van der Waals surface area contributed by atoms with Crippen LogP contribution >= 0.6 is 0 Å². The molecule has 3 unspecified atom stereocenters. The van der Waals surface area contributed by atoms with Gasteiger partial charge in [0.15, 0.2) is 57.5 Å². The molecular weight excluding hydrogens is 1260 g/mol. The van der Waals surface area contributed by atoms with Crippen LogP contribution in [0.4, 0.5) is 0 Å². The summed E-state index contributed by atoms with van der Waals surface area (Å²) in [5.41, 5.74) is 0.645. The quantitative estimate of drug-likeness (QED) is 0.0211. The molecule has 3 fully saturated rings. The van der Waals surface area contributed by atoms with Gasteiger partial charge in [-0.2, -0.15) is 0 Å². The molecule has 1 saturated heterocycles. The molecule has 0 spiro atoms. The first kappa shape index (κ1) is 68.1. The van der Waals surface area contributed by atoms with Crippen LogP contribution in [-0.2, 0) is 100 Å². The minimum absolute atomic E-state index is 0.000296. The third-order valence-corrected chi connectivity index (χ3v) is 18.0. The predicted molar refractivity (Wildman–Crippen MR) is 323 cm³/mol. The number of ether oxygens (including phenoxy) is 10. The molecule has 12 rings (SSSR count). The van der Waals surface area contributed by atoms with Crippen molar-refractivity contribution in [1.29, 1.82) is 0 Å². The van der Waals surface area contributed by atoms with Gasteiger partial charge in [-0.3, -0.25) is 9.59 Å². The number of benzene rings is 5. The lowest BCUT2D eigenvalue weighted by molar-refractivity contribution is -0.479. The van der Waals surface area contributed by atoms with Crippen LogP contribution in [0.25, 0.3) is 0 Å². The van der Waals surface area contributed by atoms with E-state index >= 15 is 9.59 Å². The Morgan fingerprint density at radius 3 is 1.19 bits per heavy atom. The van der Waals surface area contributed by atoms with Crippen LogP contribution in [0.5, 0.6) is 57.5 Å². The van der Waals surface area contributed by atoms with E-state index in [0.29, 0.717) is 0 Å². The first-order chi connectivity index (χ1) is 45.7. The molecule has 1 aliphatic heterocycles. The molecule has 0 aromatic heterocycles. The van der Waals surface area contributed by atoms with Gasteiger partial charge in [0.2, 0.25) is 29.9 Å². The molecule has 6 aliphatic carbocycles. The summed E-state index contributed by atoms with van der Waals surface area (Å²) < 4.78 is 58.9. The van der Waals surface area contributed by atoms with Crippen molar-refractivity contribution in [3.63, 3.8) is 0 Å². The average molecular weight is 1330 g/mol. The average Bonchev–Trinajstić information content (AvgIpc) is 0.666. The zero-order chi connectivity index (χ0) is 69.4. The van der Waals surface area contributed by atoms with Crippen LogP contribution in [-0.4, -0.2) is 176 Å². The highest BCUT2D eigenvalue weighted by molar-refractivity contribution is 5.88. The summed E-state index contributed by atoms with van der Waals surface area (Å²) in [5.74, 6) is -31.7. The van der Waals surface area contributed by atoms with Crippen molar-refractivity contribution < 1.29 is 137 Å². The molecule has 96 heavy (non-hydrogen) atoms. The van der Waals surface area contributed by atoms with Crippen LogP contribution in [0.3, 0.4) is 0 Å². The Morgan fingerprint density at radius 2 is 0.802 bits per heavy atom. The SMILES string of the molecule is COC(=O)/C=C/C1=C[C@H]2[C@H](c3ccc(O)c(O)c3)[C@@H](C(=O)OC(Cc3ccc(O)c(O)c3)C(=O)OC)[C@@H]1[C@@]1(O)O[C@H]3[C@H]4C=C(/C=C\C(=O)OC(Cc5ccc(O)c(O)c5)C(=O)OC)[C@H]([C@H](C(=O)OC(Cc5ccc(O)c(O)c5)C(=O)OC)[C@H]4c4ccc(O)c(O)c4)[C@@]3(OC)O[C@@H]21. The standard InChI is InChI=1S/C68H66O28/c1-87-52(79)18-11-35-26-37-54(33-9-16-42(72)47(77)28-33)56(65(84)93-50(63(82)89-3)24-31-7-14-40(70)45(75)21-31)58(35)67(86)60(37)96-68(91-5)59-36(12-19-53(80)92-49(62(81)88-2)23-30-6-13-39(69)44(74)20-30)27-38(61(68)95-67)55(34-10-17-43(73)48(78)29-34)57(59)66(85)94-51(64(83)90-4)25-32-8-15-41(71)46(76)22-32/h6-22,26-29,37-38,49-51,54-61,69-78,86H,23-25H2,1-5H3/b18-11+,19-12-/t37-,38-,49?,50?,51?,54-,55-,56+,57+,58+,59+,60-,61-,67+,68+/m0/s1. The molecule has 15 atom stereocenters. The monoisotopic (exact) mass is 1330 g/mol. The molecule has 28 nitrogen and oxygen atoms in total. The molecule has 1 heterocycles. The number of carbonyl (C=O) groups is 7. The van der Waals surface area contributed by atoms with E-state index in [1.807, 2.05) is 0 Å². The molecule has 28 heteroatoms. The second kappa shape index (κ2) is 27.3. The lowest BCUT2D eigenvalue weighted by atomic mass is 9.50. The first-order valence-electron chi connectivity index (χ1n) is 29.6. The Morgan fingerprint density at radius 1 is 0.438 bits per heavy atom. The first-order valence-corrected chi connectivity index (χ1v) is 29.6. The maximum Gasteiger partial charge on any atom is 0.347 e. The summed E-state index contributed by atoms with van der Waals surface area (Å²) in [6, 6.07) is 17.8. The summed E-state index contributed by atoms with van der Waals surface area (Å²) in [7, 11) is 5.28. The highest BCUT2D eigenvalue weighted by Crippen LogP contribution is 2.68. The van der Waals surface area contributed by atoms with E-state index in [0.717, 1.165) is 108 Å². The van der Waals surface area contributed by atoms with Crippen LogP contribution in [0.2, 0.25) is 0 Å². The Bertz CT molecular complexity index is 4040. The molecule has 506 valence electrons. The number of phenols is 10. The van der Waals surface area contributed by atoms with Crippen LogP contribution < -0.4 is 0 Å². The number of aromatic hydroxyl groups is 10. The fourth-order valence-corrected chi connectivity index (χ4v) is 13.8. The second-order valence-corrected chi connectivity index (χ2v) is 23.4. The fourth-order valence-electron chi connectivity index (χ4n) is 13.8. The number of phenolic OH excluding ortho intramolecular Hbond substituents is 10. The Labute approximate surface area is 545 Å². The zero-order valence-corrected chi connectivity index (χ0v) is 51.6. The number of allylic oxidation sites excluding steroid dienone is 2. The maximum atomic E-state index is 15.9. The molecule has 11 N–H and O–H groups in total. The molecule has 0 amide bonds. The van der Waals surface area contributed by atoms with E-state index in [2.05, 4.69) is 0 Å². The van der Waals surface area contributed by atoms with Gasteiger partial charge in [-0.1, -0.05) is 54.6 Å². The van der Waals surface area contributed by atoms with Gasteiger partial charge in [0.1, 0.15) is 12.2 Å². The van der Waals surface area contributed by atoms with Gasteiger partial charge in [0, 0.05) is 62.2 Å². The Hall–Kier alpha value is -10.8. The smallest absolute Gasteiger partial charge is 0.347 e. The molecular formula is C68H66O28. The van der Waals surface area contributed by atoms with E-state index in [4.69, 9.17) is 47.4 Å². The topological polar surface area (TPSA) is 434 Å². The molecule has 7 aliphatic rings. The molecule has 5 aromatic rings. The number of esters is 7. The molecule has 2 saturated carbocycles. The lowest BCUT2D eigenvalue weighted by Crippen LogP contribution is -2.79. The van der Waals surface area contributed by atoms with E-state index < -0.39 is 202 Å². The van der Waals surface area contributed by atoms with Gasteiger partial charge in [-0.25, -0.2) is 24.0 Å². The summed E-state index contributed by atoms with van der Waals surface area (Å²) in [5, 5.41) is 119. The van der Waals surface area contributed by atoms with Crippen molar-refractivity contribution in [2.24, 2.45) is 35.5 Å². The summed E-state index contributed by atoms with van der Waals surface area (Å²) in [6.07, 6.45) is -3.00. The van der Waals surface area contributed by atoms with Crippen molar-refractivity contribution in [1.82, 2.24) is 0 Å². The summed E-state index contributed by atoms with van der Waals surface area (Å²) in [6.45, 7) is 0. The fraction of sp³-hybridized carbons (Fsp3) is 0.338. The highest BCUT2D eigenvalue weighted by atomic mass is 16.8. The number of aliphatic hydroxyl groups is 1. The third-order valence-electron chi connectivity index (χ3n) is 18.0. The van der Waals surface area contributed by atoms with Crippen molar-refractivity contribution in [2.75, 3.05) is 35.5 Å². The lowest BCUT2D eigenvalue weighted by Gasteiger charge is -2.68. The van der Waals surface area contributed by atoms with Gasteiger partial charge in [0.25, 0.3) is 0 Å². The second-order valence-electron chi connectivity index (χ2n) is 23.4. The third kappa shape index (κ3) is 12.8. The minimum atomic E-state index is -2.85. The van der Waals surface area contributed by atoms with E-state index in [1.165, 1.54) is 54.6 Å².